The fraction of sp³-hybridized carbons (Fsp3) is 0.118. The first kappa shape index (κ1) is 18.0. The van der Waals surface area contributed by atoms with Crippen molar-refractivity contribution in [3.63, 3.8) is 0 Å². The van der Waals surface area contributed by atoms with Crippen molar-refractivity contribution in [2.45, 2.75) is 6.61 Å². The van der Waals surface area contributed by atoms with E-state index in [1.807, 2.05) is 0 Å². The molecule has 3 N–H and O–H groups in total. The summed E-state index contributed by atoms with van der Waals surface area (Å²) in [6.45, 7) is 0.183. The molecule has 7 nitrogen and oxygen atoms in total. The van der Waals surface area contributed by atoms with Crippen molar-refractivity contribution in [2.75, 3.05) is 7.11 Å². The highest BCUT2D eigenvalue weighted by molar-refractivity contribution is 6.35. The molecule has 0 aliphatic rings. The number of primary amides is 1. The van der Waals surface area contributed by atoms with Gasteiger partial charge in [0.1, 0.15) is 23.8 Å². The molecule has 0 saturated carbocycles. The van der Waals surface area contributed by atoms with Gasteiger partial charge in [-0.15, -0.1) is 0 Å². The largest absolute Gasteiger partial charge is 0.496 e. The van der Waals surface area contributed by atoms with Crippen LogP contribution >= 0.6 is 23.2 Å². The van der Waals surface area contributed by atoms with E-state index in [-0.39, 0.29) is 12.3 Å². The van der Waals surface area contributed by atoms with Crippen LogP contribution in [0.3, 0.4) is 0 Å². The number of H-pyrrole nitrogens is 1. The van der Waals surface area contributed by atoms with Gasteiger partial charge in [0.25, 0.3) is 5.91 Å². The van der Waals surface area contributed by atoms with Crippen LogP contribution < -0.4 is 15.2 Å². The maximum atomic E-state index is 11.5. The van der Waals surface area contributed by atoms with Crippen LogP contribution in [0.2, 0.25) is 10.0 Å². The molecule has 1 aromatic heterocycles. The van der Waals surface area contributed by atoms with Crippen LogP contribution in [0.25, 0.3) is 11.3 Å². The van der Waals surface area contributed by atoms with Gasteiger partial charge in [-0.05, 0) is 36.4 Å². The van der Waals surface area contributed by atoms with Gasteiger partial charge in [-0.1, -0.05) is 23.2 Å². The predicted octanol–water partition coefficient (Wildman–Crippen LogP) is 3.47. The molecule has 3 rings (SSSR count). The lowest BCUT2D eigenvalue weighted by atomic mass is 10.1. The summed E-state index contributed by atoms with van der Waals surface area (Å²) in [7, 11) is 1.55. The van der Waals surface area contributed by atoms with Crippen LogP contribution in [0.15, 0.2) is 36.4 Å². The number of nitrogens with two attached hydrogens (primary N) is 1. The molecule has 1 heterocycles. The van der Waals surface area contributed by atoms with E-state index in [0.29, 0.717) is 32.8 Å². The Bertz CT molecular complexity index is 959. The number of hydrogen-bond donors (Lipinski definition) is 2. The number of methoxy groups -OCH3 is 1. The molecule has 0 fully saturated rings. The van der Waals surface area contributed by atoms with Crippen LogP contribution in [0.4, 0.5) is 0 Å². The molecule has 3 aromatic rings. The number of amides is 1. The highest BCUT2D eigenvalue weighted by Crippen LogP contribution is 2.31. The van der Waals surface area contributed by atoms with Crippen LogP contribution in [-0.4, -0.2) is 28.4 Å². The number of rotatable bonds is 6. The number of nitrogens with zero attached hydrogens (tertiary/aromatic N) is 2. The second kappa shape index (κ2) is 7.63. The quantitative estimate of drug-likeness (QED) is 0.668. The Hall–Kier alpha value is -2.77. The predicted molar refractivity (Wildman–Crippen MR) is 97.7 cm³/mol. The lowest BCUT2D eigenvalue weighted by Crippen LogP contribution is -2.12. The van der Waals surface area contributed by atoms with Crippen molar-refractivity contribution in [1.29, 1.82) is 0 Å². The van der Waals surface area contributed by atoms with Gasteiger partial charge in [0.2, 0.25) is 0 Å². The molecule has 134 valence electrons. The first-order chi connectivity index (χ1) is 12.5. The SMILES string of the molecule is COc1ccc(-c2n[nH]nc2C(N)=O)cc1COc1ccc(Cl)cc1Cl. The molecule has 0 radical (unpaired) electrons. The van der Waals surface area contributed by atoms with Crippen molar-refractivity contribution in [1.82, 2.24) is 15.4 Å². The fourth-order valence-electron chi connectivity index (χ4n) is 2.39. The highest BCUT2D eigenvalue weighted by atomic mass is 35.5. The van der Waals surface area contributed by atoms with Crippen LogP contribution in [0, 0.1) is 0 Å². The third-order valence-corrected chi connectivity index (χ3v) is 4.14. The Labute approximate surface area is 159 Å². The molecule has 26 heavy (non-hydrogen) atoms. The maximum absolute atomic E-state index is 11.5. The Morgan fingerprint density at radius 3 is 2.62 bits per heavy atom. The number of carbonyl (C=O) groups is 1. The zero-order chi connectivity index (χ0) is 18.7. The lowest BCUT2D eigenvalue weighted by molar-refractivity contribution is 0.0996. The normalized spacial score (nSPS) is 10.6. The zero-order valence-electron chi connectivity index (χ0n) is 13.6. The number of halogens is 2. The van der Waals surface area contributed by atoms with Crippen molar-refractivity contribution in [3.8, 4) is 22.8 Å². The minimum absolute atomic E-state index is 0.0581. The number of hydrogen-bond acceptors (Lipinski definition) is 5. The third kappa shape index (κ3) is 3.74. The van der Waals surface area contributed by atoms with Gasteiger partial charge in [-0.25, -0.2) is 0 Å². The Kier molecular flexibility index (Phi) is 5.29. The molecule has 0 aliphatic heterocycles. The van der Waals surface area contributed by atoms with E-state index in [1.165, 1.54) is 0 Å². The van der Waals surface area contributed by atoms with E-state index in [1.54, 1.807) is 43.5 Å². The molecular weight excluding hydrogens is 379 g/mol. The van der Waals surface area contributed by atoms with Gasteiger partial charge < -0.3 is 15.2 Å². The molecular formula is C17H14Cl2N4O3. The summed E-state index contributed by atoms with van der Waals surface area (Å²) in [4.78, 5) is 11.5. The fourth-order valence-corrected chi connectivity index (χ4v) is 2.85. The summed E-state index contributed by atoms with van der Waals surface area (Å²) in [5.74, 6) is 0.432. The van der Waals surface area contributed by atoms with Crippen LogP contribution in [0.5, 0.6) is 11.5 Å². The van der Waals surface area contributed by atoms with Crippen LogP contribution in [-0.2, 0) is 6.61 Å². The number of aromatic nitrogens is 3. The summed E-state index contributed by atoms with van der Waals surface area (Å²) in [6, 6.07) is 10.3. The van der Waals surface area contributed by atoms with Gasteiger partial charge in [-0.2, -0.15) is 15.4 Å². The standard InChI is InChI=1S/C17H14Cl2N4O3/c1-25-13-4-2-9(15-16(17(20)24)22-23-21-15)6-10(13)8-26-14-5-3-11(18)7-12(14)19/h2-7H,8H2,1H3,(H2,20,24)(H,21,22,23). The van der Waals surface area contributed by atoms with E-state index < -0.39 is 5.91 Å². The minimum Gasteiger partial charge on any atom is -0.496 e. The van der Waals surface area contributed by atoms with Crippen molar-refractivity contribution in [3.05, 3.63) is 57.7 Å². The molecule has 0 spiro atoms. The van der Waals surface area contributed by atoms with Gasteiger partial charge in [0, 0.05) is 16.1 Å². The Morgan fingerprint density at radius 2 is 1.92 bits per heavy atom. The number of ether oxygens (including phenoxy) is 2. The molecule has 1 amide bonds. The molecule has 0 atom stereocenters. The van der Waals surface area contributed by atoms with E-state index >= 15 is 0 Å². The molecule has 2 aromatic carbocycles. The Balaban J connectivity index is 1.90. The first-order valence-corrected chi connectivity index (χ1v) is 8.21. The second-order valence-electron chi connectivity index (χ2n) is 5.28. The summed E-state index contributed by atoms with van der Waals surface area (Å²) in [5, 5.41) is 11.1. The zero-order valence-corrected chi connectivity index (χ0v) is 15.1. The summed E-state index contributed by atoms with van der Waals surface area (Å²) in [5.41, 5.74) is 7.11. The minimum atomic E-state index is -0.671. The lowest BCUT2D eigenvalue weighted by Gasteiger charge is -2.12. The number of benzene rings is 2. The number of aromatic amines is 1. The van der Waals surface area contributed by atoms with Crippen molar-refractivity contribution >= 4 is 29.1 Å². The summed E-state index contributed by atoms with van der Waals surface area (Å²) in [6.07, 6.45) is 0. The van der Waals surface area contributed by atoms with Crippen molar-refractivity contribution in [2.24, 2.45) is 5.73 Å². The van der Waals surface area contributed by atoms with E-state index in [9.17, 15) is 4.79 Å². The molecule has 9 heteroatoms. The molecule has 0 bridgehead atoms. The van der Waals surface area contributed by atoms with Gasteiger partial charge in [0.15, 0.2) is 5.69 Å². The first-order valence-electron chi connectivity index (χ1n) is 7.45. The summed E-state index contributed by atoms with van der Waals surface area (Å²) < 4.78 is 11.1. The Morgan fingerprint density at radius 1 is 1.15 bits per heavy atom. The van der Waals surface area contributed by atoms with Crippen molar-refractivity contribution < 1.29 is 14.3 Å². The van der Waals surface area contributed by atoms with Gasteiger partial charge >= 0.3 is 0 Å². The van der Waals surface area contributed by atoms with E-state index in [4.69, 9.17) is 38.4 Å². The molecule has 0 aliphatic carbocycles. The maximum Gasteiger partial charge on any atom is 0.271 e. The molecule has 0 saturated heterocycles. The topological polar surface area (TPSA) is 103 Å². The molecule has 0 unspecified atom stereocenters. The number of carbonyl (C=O) groups excluding carboxylic acids is 1. The van der Waals surface area contributed by atoms with E-state index in [0.717, 1.165) is 5.56 Å². The van der Waals surface area contributed by atoms with Gasteiger partial charge in [0.05, 0.1) is 12.1 Å². The second-order valence-corrected chi connectivity index (χ2v) is 6.12. The smallest absolute Gasteiger partial charge is 0.271 e. The average molecular weight is 393 g/mol. The third-order valence-electron chi connectivity index (χ3n) is 3.61. The van der Waals surface area contributed by atoms with E-state index in [2.05, 4.69) is 15.4 Å². The average Bonchev–Trinajstić information content (AvgIpc) is 3.11. The highest BCUT2D eigenvalue weighted by Gasteiger charge is 2.17. The monoisotopic (exact) mass is 392 g/mol. The summed E-state index contributed by atoms with van der Waals surface area (Å²) >= 11 is 12.0. The number of nitrogens with one attached hydrogen (secondary N) is 1. The van der Waals surface area contributed by atoms with Crippen LogP contribution in [0.1, 0.15) is 16.1 Å². The van der Waals surface area contributed by atoms with Gasteiger partial charge in [-0.3, -0.25) is 4.79 Å².